The van der Waals surface area contributed by atoms with E-state index in [1.54, 1.807) is 11.8 Å². The molecule has 3 unspecified atom stereocenters. The Balaban J connectivity index is 1.58. The minimum Gasteiger partial charge on any atom is -0.453 e. The third-order valence-corrected chi connectivity index (χ3v) is 8.29. The van der Waals surface area contributed by atoms with Gasteiger partial charge in [0.15, 0.2) is 0 Å². The molecule has 2 aliphatic rings. The predicted octanol–water partition coefficient (Wildman–Crippen LogP) is 5.85. The molecule has 7 nitrogen and oxygen atoms in total. The molecule has 2 aromatic rings. The van der Waals surface area contributed by atoms with E-state index in [1.807, 2.05) is 0 Å². The highest BCUT2D eigenvalue weighted by molar-refractivity contribution is 5.83. The molecular formula is C30H32F7N3O4. The Labute approximate surface area is 249 Å². The first-order valence-corrected chi connectivity index (χ1v) is 13.9. The van der Waals surface area contributed by atoms with Crippen LogP contribution in [0.3, 0.4) is 0 Å². The van der Waals surface area contributed by atoms with E-state index >= 15 is 0 Å². The smallest absolute Gasteiger partial charge is 0.416 e. The van der Waals surface area contributed by atoms with E-state index < -0.39 is 65.6 Å². The zero-order valence-electron chi connectivity index (χ0n) is 24.3. The number of nitrogens with zero attached hydrogens (tertiary/aromatic N) is 3. The first-order chi connectivity index (χ1) is 20.5. The van der Waals surface area contributed by atoms with Crippen LogP contribution in [-0.2, 0) is 33.2 Å². The SMILES string of the molecule is COC(=O)N1CCC(C(=O)N2CCC(C(=O)N(C)Cc3cc(C(F)(F)F)cc(C(F)(F)F)c3)C(c3ccc(F)cc3C)C2)C1. The van der Waals surface area contributed by atoms with Gasteiger partial charge in [0.25, 0.3) is 0 Å². The molecule has 2 fully saturated rings. The summed E-state index contributed by atoms with van der Waals surface area (Å²) in [6.07, 6.45) is -10.0. The number of ether oxygens (including phenoxy) is 1. The Kier molecular flexibility index (Phi) is 9.50. The van der Waals surface area contributed by atoms with Crippen LogP contribution in [0, 0.1) is 24.6 Å². The van der Waals surface area contributed by atoms with Gasteiger partial charge < -0.3 is 19.4 Å². The fourth-order valence-corrected chi connectivity index (χ4v) is 6.08. The van der Waals surface area contributed by atoms with E-state index in [2.05, 4.69) is 0 Å². The molecule has 2 aliphatic heterocycles. The lowest BCUT2D eigenvalue weighted by atomic mass is 9.78. The Morgan fingerprint density at radius 3 is 2.09 bits per heavy atom. The molecule has 3 atom stereocenters. The van der Waals surface area contributed by atoms with Gasteiger partial charge in [0.1, 0.15) is 5.82 Å². The highest BCUT2D eigenvalue weighted by atomic mass is 19.4. The monoisotopic (exact) mass is 631 g/mol. The molecule has 0 aromatic heterocycles. The molecule has 4 rings (SSSR count). The molecule has 2 aromatic carbocycles. The molecule has 0 N–H and O–H groups in total. The number of amides is 3. The number of hydrogen-bond donors (Lipinski definition) is 0. The topological polar surface area (TPSA) is 70.2 Å². The molecule has 0 aliphatic carbocycles. The summed E-state index contributed by atoms with van der Waals surface area (Å²) < 4.78 is 99.0. The van der Waals surface area contributed by atoms with Gasteiger partial charge >= 0.3 is 18.4 Å². The van der Waals surface area contributed by atoms with Crippen molar-refractivity contribution in [3.05, 3.63) is 70.0 Å². The Bertz CT molecular complexity index is 1380. The average Bonchev–Trinajstić information content (AvgIpc) is 3.45. The maximum atomic E-state index is 14.0. The second-order valence-corrected chi connectivity index (χ2v) is 11.3. The first-order valence-electron chi connectivity index (χ1n) is 13.9. The van der Waals surface area contributed by atoms with Gasteiger partial charge in [-0.05, 0) is 66.8 Å². The largest absolute Gasteiger partial charge is 0.453 e. The van der Waals surface area contributed by atoms with Gasteiger partial charge in [-0.15, -0.1) is 0 Å². The number of hydrogen-bond acceptors (Lipinski definition) is 4. The lowest BCUT2D eigenvalue weighted by Gasteiger charge is -2.41. The normalized spacial score (nSPS) is 20.9. The van der Waals surface area contributed by atoms with Crippen molar-refractivity contribution >= 4 is 17.9 Å². The summed E-state index contributed by atoms with van der Waals surface area (Å²) >= 11 is 0. The van der Waals surface area contributed by atoms with Crippen LogP contribution in [0.2, 0.25) is 0 Å². The number of carbonyl (C=O) groups excluding carboxylic acids is 3. The summed E-state index contributed by atoms with van der Waals surface area (Å²) in [6, 6.07) is 5.22. The quantitative estimate of drug-likeness (QED) is 0.389. The van der Waals surface area contributed by atoms with Crippen LogP contribution in [0.15, 0.2) is 36.4 Å². The maximum absolute atomic E-state index is 14.0. The minimum atomic E-state index is -5.03. The molecule has 0 spiro atoms. The lowest BCUT2D eigenvalue weighted by Crippen LogP contribution is -2.49. The Morgan fingerprint density at radius 2 is 1.52 bits per heavy atom. The summed E-state index contributed by atoms with van der Waals surface area (Å²) in [5, 5.41) is 0. The van der Waals surface area contributed by atoms with Crippen LogP contribution in [-0.4, -0.2) is 72.9 Å². The molecule has 0 bridgehead atoms. The Morgan fingerprint density at radius 1 is 0.909 bits per heavy atom. The molecule has 3 amide bonds. The summed E-state index contributed by atoms with van der Waals surface area (Å²) in [5.74, 6) is -3.17. The Hall–Kier alpha value is -3.84. The molecule has 2 heterocycles. The predicted molar refractivity (Wildman–Crippen MR) is 144 cm³/mol. The van der Waals surface area contributed by atoms with Crippen molar-refractivity contribution in [3.63, 3.8) is 0 Å². The second-order valence-electron chi connectivity index (χ2n) is 11.3. The van der Waals surface area contributed by atoms with Gasteiger partial charge in [0, 0.05) is 51.6 Å². The van der Waals surface area contributed by atoms with Crippen LogP contribution in [0.1, 0.15) is 46.6 Å². The van der Waals surface area contributed by atoms with Crippen molar-refractivity contribution in [1.82, 2.24) is 14.7 Å². The third-order valence-electron chi connectivity index (χ3n) is 8.29. The third kappa shape index (κ3) is 7.27. The van der Waals surface area contributed by atoms with Crippen molar-refractivity contribution in [1.29, 1.82) is 0 Å². The van der Waals surface area contributed by atoms with Crippen molar-refractivity contribution in [2.45, 2.75) is 44.6 Å². The summed E-state index contributed by atoms with van der Waals surface area (Å²) in [4.78, 5) is 43.2. The van der Waals surface area contributed by atoms with Crippen molar-refractivity contribution in [2.24, 2.45) is 11.8 Å². The lowest BCUT2D eigenvalue weighted by molar-refractivity contribution is -0.143. The van der Waals surface area contributed by atoms with E-state index in [1.165, 1.54) is 37.3 Å². The molecule has 240 valence electrons. The van der Waals surface area contributed by atoms with Gasteiger partial charge in [-0.3, -0.25) is 9.59 Å². The molecule has 0 radical (unpaired) electrons. The van der Waals surface area contributed by atoms with Gasteiger partial charge in [-0.25, -0.2) is 9.18 Å². The number of halogens is 7. The summed E-state index contributed by atoms with van der Waals surface area (Å²) in [6.45, 7) is 1.88. The van der Waals surface area contributed by atoms with Crippen LogP contribution in [0.25, 0.3) is 0 Å². The molecule has 14 heteroatoms. The van der Waals surface area contributed by atoms with Gasteiger partial charge in [-0.2, -0.15) is 26.3 Å². The van der Waals surface area contributed by atoms with E-state index in [0.717, 1.165) is 4.90 Å². The average molecular weight is 632 g/mol. The second kappa shape index (κ2) is 12.6. The van der Waals surface area contributed by atoms with E-state index in [9.17, 15) is 45.1 Å². The number of aryl methyl sites for hydroxylation is 1. The van der Waals surface area contributed by atoms with Gasteiger partial charge in [-0.1, -0.05) is 6.07 Å². The zero-order chi connectivity index (χ0) is 32.6. The van der Waals surface area contributed by atoms with E-state index in [-0.39, 0.29) is 43.6 Å². The van der Waals surface area contributed by atoms with Crippen LogP contribution in [0.5, 0.6) is 0 Å². The summed E-state index contributed by atoms with van der Waals surface area (Å²) in [7, 11) is 2.54. The highest BCUT2D eigenvalue weighted by Gasteiger charge is 2.42. The number of methoxy groups -OCH3 is 1. The van der Waals surface area contributed by atoms with Crippen LogP contribution >= 0.6 is 0 Å². The number of rotatable bonds is 5. The fourth-order valence-electron chi connectivity index (χ4n) is 6.08. The fraction of sp³-hybridized carbons (Fsp3) is 0.500. The first kappa shape index (κ1) is 33.1. The molecule has 0 saturated carbocycles. The number of benzene rings is 2. The van der Waals surface area contributed by atoms with Crippen LogP contribution in [0.4, 0.5) is 35.5 Å². The van der Waals surface area contributed by atoms with Gasteiger partial charge in [0.05, 0.1) is 24.2 Å². The van der Waals surface area contributed by atoms with E-state index in [0.29, 0.717) is 36.2 Å². The number of piperidine rings is 1. The molecular weight excluding hydrogens is 599 g/mol. The van der Waals surface area contributed by atoms with Gasteiger partial charge in [0.2, 0.25) is 11.8 Å². The number of alkyl halides is 6. The van der Waals surface area contributed by atoms with E-state index in [4.69, 9.17) is 4.74 Å². The molecule has 44 heavy (non-hydrogen) atoms. The highest BCUT2D eigenvalue weighted by Crippen LogP contribution is 2.39. The summed E-state index contributed by atoms with van der Waals surface area (Å²) in [5.41, 5.74) is -2.19. The molecule has 2 saturated heterocycles. The number of carbonyl (C=O) groups is 3. The van der Waals surface area contributed by atoms with Crippen molar-refractivity contribution in [3.8, 4) is 0 Å². The maximum Gasteiger partial charge on any atom is 0.416 e. The standard InChI is InChI=1S/C30H32F7N3O4/c1-17-10-22(31)4-5-23(17)25-16-39(26(41)19-6-8-40(15-19)28(43)44-3)9-7-24(25)27(42)38(2)14-18-11-20(29(32,33)34)13-21(12-18)30(35,36)37/h4-5,10-13,19,24-25H,6-9,14-16H2,1-3H3. The number of likely N-dealkylation sites (tertiary alicyclic amines) is 2. The zero-order valence-corrected chi connectivity index (χ0v) is 24.3. The van der Waals surface area contributed by atoms with Crippen LogP contribution < -0.4 is 0 Å². The minimum absolute atomic E-state index is 0.0279. The van der Waals surface area contributed by atoms with Crippen molar-refractivity contribution in [2.75, 3.05) is 40.3 Å². The van der Waals surface area contributed by atoms with Crippen molar-refractivity contribution < 1.29 is 49.9 Å².